The molecule has 0 amide bonds. The molecule has 0 aromatic rings. The first kappa shape index (κ1) is 61.0. The molecular weight excluding hydrogens is 900 g/mol. The Bertz CT molecular complexity index is 1640. The van der Waals surface area contributed by atoms with Gasteiger partial charge in [-0.15, -0.1) is 0 Å². The molecule has 2 bridgehead atoms. The number of carbonyl (C=O) groups excluding carboxylic acids is 3. The molecule has 0 spiro atoms. The van der Waals surface area contributed by atoms with E-state index in [0.29, 0.717) is 25.7 Å². The lowest BCUT2D eigenvalue weighted by Gasteiger charge is -2.36. The monoisotopic (exact) mass is 983 g/mol. The van der Waals surface area contributed by atoms with E-state index in [2.05, 4.69) is 55.5 Å². The number of ketones is 1. The number of Topliss-reactive ketones (excluding diaryl/α,β-unsaturated/α-hetero) is 1. The summed E-state index contributed by atoms with van der Waals surface area (Å²) >= 11 is 0. The predicted octanol–water partition coefficient (Wildman–Crippen LogP) is 6.87. The van der Waals surface area contributed by atoms with Crippen molar-refractivity contribution in [3.8, 4) is 0 Å². The van der Waals surface area contributed by atoms with Crippen LogP contribution in [0.2, 0.25) is 0 Å². The zero-order chi connectivity index (χ0) is 50.2. The molecule has 1 unspecified atom stereocenters. The highest BCUT2D eigenvalue weighted by Crippen LogP contribution is 2.47. The molecule has 0 radical (unpaired) electrons. The quantitative estimate of drug-likeness (QED) is 0.0225. The van der Waals surface area contributed by atoms with Gasteiger partial charge in [-0.1, -0.05) is 132 Å². The van der Waals surface area contributed by atoms with Gasteiger partial charge in [-0.3, -0.25) is 23.4 Å². The van der Waals surface area contributed by atoms with E-state index in [4.69, 9.17) is 18.5 Å². The van der Waals surface area contributed by atoms with Crippen molar-refractivity contribution < 1.29 is 78.1 Å². The van der Waals surface area contributed by atoms with Crippen molar-refractivity contribution in [2.45, 2.75) is 204 Å². The van der Waals surface area contributed by atoms with Crippen LogP contribution in [0.15, 0.2) is 72.9 Å². The molecule has 0 aromatic carbocycles. The molecule has 16 nitrogen and oxygen atoms in total. The minimum absolute atomic E-state index is 0.00527. The van der Waals surface area contributed by atoms with E-state index in [1.165, 1.54) is 18.2 Å². The lowest BCUT2D eigenvalue weighted by molar-refractivity contribution is -0.166. The van der Waals surface area contributed by atoms with Crippen LogP contribution in [0, 0.1) is 11.8 Å². The molecule has 17 heteroatoms. The first-order valence-corrected chi connectivity index (χ1v) is 26.3. The third kappa shape index (κ3) is 25.7. The smallest absolute Gasteiger partial charge is 0.462 e. The number of aliphatic hydroxyl groups excluding tert-OH is 7. The SMILES string of the molecule is CC/C=C\C/C=C\C/C=C\C/C=C\CCCCCCCCC(=O)O[C@@H]1COC(=O)CCC/C=C\C[C@H]2C(=O)C[C@@H](O)[C@H](/C=C/[C@@H](O)CCCCC)[C@@H](O)[C@@H](O)[C@@H](OP(=O)(O)OC1)[C@H](O)[C@@H](O)[C@@H]2O. The van der Waals surface area contributed by atoms with Gasteiger partial charge < -0.3 is 50.1 Å². The molecule has 1 saturated carbocycles. The van der Waals surface area contributed by atoms with Crippen LogP contribution in [0.5, 0.6) is 0 Å². The Balaban J connectivity index is 2.12. The fourth-order valence-corrected chi connectivity index (χ4v) is 8.78. The zero-order valence-electron chi connectivity index (χ0n) is 40.3. The Morgan fingerprint density at radius 3 is 2.09 bits per heavy atom. The number of phosphoric ester groups is 1. The van der Waals surface area contributed by atoms with Crippen LogP contribution < -0.4 is 0 Å². The molecule has 12 atom stereocenters. The Morgan fingerprint density at radius 1 is 0.779 bits per heavy atom. The van der Waals surface area contributed by atoms with Gasteiger partial charge in [0.15, 0.2) is 6.10 Å². The summed E-state index contributed by atoms with van der Waals surface area (Å²) in [6.45, 7) is 2.67. The molecule has 8 N–H and O–H groups in total. The van der Waals surface area contributed by atoms with Crippen LogP contribution in [-0.4, -0.2) is 127 Å². The summed E-state index contributed by atoms with van der Waals surface area (Å²) in [6.07, 6.45) is 17.4. The molecule has 0 saturated heterocycles. The summed E-state index contributed by atoms with van der Waals surface area (Å²) in [7, 11) is -5.47. The van der Waals surface area contributed by atoms with E-state index in [0.717, 1.165) is 77.0 Å². The summed E-state index contributed by atoms with van der Waals surface area (Å²) in [4.78, 5) is 50.1. The first-order valence-electron chi connectivity index (χ1n) is 24.8. The van der Waals surface area contributed by atoms with Gasteiger partial charge in [-0.25, -0.2) is 4.57 Å². The number of aliphatic hydroxyl groups is 7. The van der Waals surface area contributed by atoms with Crippen LogP contribution in [0.4, 0.5) is 0 Å². The number of cyclic esters (lactones) is 1. The number of ether oxygens (including phenoxy) is 2. The summed E-state index contributed by atoms with van der Waals surface area (Å²) < 4.78 is 34.7. The second-order valence-corrected chi connectivity index (χ2v) is 19.1. The number of hydrogen-bond acceptors (Lipinski definition) is 15. The summed E-state index contributed by atoms with van der Waals surface area (Å²) in [6, 6.07) is 0. The van der Waals surface area contributed by atoms with Gasteiger partial charge in [0.05, 0.1) is 31.0 Å². The van der Waals surface area contributed by atoms with Crippen molar-refractivity contribution in [2.75, 3.05) is 13.2 Å². The van der Waals surface area contributed by atoms with Crippen LogP contribution in [0.1, 0.15) is 149 Å². The van der Waals surface area contributed by atoms with E-state index in [1.54, 1.807) is 6.08 Å². The maximum absolute atomic E-state index is 13.6. The Labute approximate surface area is 404 Å². The number of unbranched alkanes of at least 4 members (excludes halogenated alkanes) is 8. The van der Waals surface area contributed by atoms with Gasteiger partial charge in [0.1, 0.15) is 36.8 Å². The van der Waals surface area contributed by atoms with Crippen LogP contribution in [-0.2, 0) is 37.5 Å². The number of allylic oxidation sites excluding steroid dienone is 10. The lowest BCUT2D eigenvalue weighted by atomic mass is 9.84. The van der Waals surface area contributed by atoms with Crippen LogP contribution in [0.25, 0.3) is 0 Å². The van der Waals surface area contributed by atoms with E-state index in [1.807, 2.05) is 6.92 Å². The third-order valence-corrected chi connectivity index (χ3v) is 12.9. The molecule has 0 aromatic heterocycles. The van der Waals surface area contributed by atoms with Crippen molar-refractivity contribution in [1.82, 2.24) is 0 Å². The van der Waals surface area contributed by atoms with Crippen molar-refractivity contribution in [2.24, 2.45) is 11.8 Å². The number of hydrogen-bond donors (Lipinski definition) is 8. The molecule has 2 aliphatic rings. The van der Waals surface area contributed by atoms with Crippen molar-refractivity contribution in [3.05, 3.63) is 72.9 Å². The Kier molecular flexibility index (Phi) is 32.2. The Morgan fingerprint density at radius 2 is 1.41 bits per heavy atom. The highest BCUT2D eigenvalue weighted by Gasteiger charge is 2.49. The topological polar surface area (TPSA) is 267 Å². The molecule has 1 fully saturated rings. The zero-order valence-corrected chi connectivity index (χ0v) is 41.2. The minimum Gasteiger partial charge on any atom is -0.462 e. The Hall–Kier alpha value is -3.12. The van der Waals surface area contributed by atoms with Crippen LogP contribution >= 0.6 is 7.82 Å². The minimum atomic E-state index is -5.47. The van der Waals surface area contributed by atoms with Crippen molar-refractivity contribution in [1.29, 1.82) is 0 Å². The molecular formula is C51H83O16P. The second-order valence-electron chi connectivity index (χ2n) is 17.7. The first-order chi connectivity index (χ1) is 32.6. The van der Waals surface area contributed by atoms with Gasteiger partial charge in [-0.05, 0) is 70.6 Å². The van der Waals surface area contributed by atoms with Gasteiger partial charge >= 0.3 is 19.8 Å². The predicted molar refractivity (Wildman–Crippen MR) is 259 cm³/mol. The van der Waals surface area contributed by atoms with Crippen molar-refractivity contribution in [3.63, 3.8) is 0 Å². The lowest BCUT2D eigenvalue weighted by Crippen LogP contribution is -2.55. The van der Waals surface area contributed by atoms with Gasteiger partial charge in [0, 0.05) is 31.1 Å². The summed E-state index contributed by atoms with van der Waals surface area (Å²) in [5, 5.41) is 78.6. The third-order valence-electron chi connectivity index (χ3n) is 11.9. The molecule has 1 aliphatic carbocycles. The molecule has 68 heavy (non-hydrogen) atoms. The van der Waals surface area contributed by atoms with E-state index in [9.17, 15) is 59.6 Å². The molecule has 2 rings (SSSR count). The number of esters is 2. The average molecular weight is 983 g/mol. The van der Waals surface area contributed by atoms with Crippen LogP contribution in [0.3, 0.4) is 0 Å². The summed E-state index contributed by atoms with van der Waals surface area (Å²) in [5.41, 5.74) is 0. The fourth-order valence-electron chi connectivity index (χ4n) is 7.81. The van der Waals surface area contributed by atoms with E-state index >= 15 is 0 Å². The maximum Gasteiger partial charge on any atom is 0.472 e. The van der Waals surface area contributed by atoms with E-state index < -0.39 is 112 Å². The molecule has 1 heterocycles. The maximum atomic E-state index is 13.6. The normalized spacial score (nSPS) is 31.0. The number of phosphoric acid groups is 1. The van der Waals surface area contributed by atoms with Gasteiger partial charge in [0.25, 0.3) is 0 Å². The number of carbonyl (C=O) groups is 3. The highest BCUT2D eigenvalue weighted by molar-refractivity contribution is 7.47. The molecule has 388 valence electrons. The van der Waals surface area contributed by atoms with E-state index in [-0.39, 0.29) is 25.7 Å². The highest BCUT2D eigenvalue weighted by atomic mass is 31.2. The summed E-state index contributed by atoms with van der Waals surface area (Å²) in [5.74, 6) is -5.12. The standard InChI is InChI=1S/C51H83O16P/c1-3-5-7-8-9-10-11-12-13-14-15-16-17-18-19-20-21-22-28-32-45(56)66-39-36-64-44(55)31-27-24-23-26-30-40-42(53)35-43(54)41(34-33-38(52)29-25-6-4-2)47(58)49(60)51(50(61)48(59)46(40)57)67-68(62,63)65-37-39/h5,7,9-10,12-13,15-16,23,26,33-34,38-41,43,46-52,54,57-61H,3-4,6,8,11,14,17-22,24-25,27-32,35-37H2,1-2H3,(H,62,63)/b7-5-,10-9-,13-12-,16-15-,26-23-,34-33+/t38-,39+,40-,41-,43+,46+,47+,48-,49+,50+,51+/m0/s1. The van der Waals surface area contributed by atoms with Gasteiger partial charge in [0.2, 0.25) is 0 Å². The largest absolute Gasteiger partial charge is 0.472 e. The van der Waals surface area contributed by atoms with Gasteiger partial charge in [-0.2, -0.15) is 0 Å². The fraction of sp³-hybridized carbons (Fsp3) is 0.706. The average Bonchev–Trinajstić information content (AvgIpc) is 3.31. The number of fused-ring (bicyclic) bond motifs is 4. The molecule has 1 aliphatic heterocycles. The van der Waals surface area contributed by atoms with Crippen molar-refractivity contribution >= 4 is 25.5 Å². The number of rotatable bonds is 23. The second kappa shape index (κ2) is 35.9.